The van der Waals surface area contributed by atoms with Crippen molar-refractivity contribution in [1.82, 2.24) is 0 Å². The number of aliphatic hydroxyl groups excluding tert-OH is 1. The highest BCUT2D eigenvalue weighted by Crippen LogP contribution is 2.52. The molecule has 0 saturated carbocycles. The van der Waals surface area contributed by atoms with Crippen LogP contribution >= 0.6 is 7.82 Å². The molecule has 1 N–H and O–H groups in total. The van der Waals surface area contributed by atoms with Crippen LogP contribution < -0.4 is 0 Å². The van der Waals surface area contributed by atoms with E-state index in [9.17, 15) is 14.5 Å². The van der Waals surface area contributed by atoms with Gasteiger partial charge in [0.1, 0.15) is 6.10 Å². The van der Waals surface area contributed by atoms with Crippen LogP contribution in [0.2, 0.25) is 0 Å². The minimum atomic E-state index is -3.55. The van der Waals surface area contributed by atoms with Crippen molar-refractivity contribution >= 4 is 13.6 Å². The molecule has 0 spiro atoms. The lowest BCUT2D eigenvalue weighted by atomic mass is 9.67. The van der Waals surface area contributed by atoms with Crippen LogP contribution in [0.4, 0.5) is 0 Å². The van der Waals surface area contributed by atoms with Crippen molar-refractivity contribution in [3.05, 3.63) is 130 Å². The van der Waals surface area contributed by atoms with E-state index >= 15 is 0 Å². The van der Waals surface area contributed by atoms with E-state index in [1.54, 1.807) is 6.92 Å². The molecule has 0 saturated heterocycles. The lowest BCUT2D eigenvalue weighted by Gasteiger charge is -2.40. The normalized spacial score (nSPS) is 24.9. The first kappa shape index (κ1) is 42.0. The monoisotopic (exact) mass is 690 g/mol. The van der Waals surface area contributed by atoms with Gasteiger partial charge in [0.05, 0.1) is 6.10 Å². The van der Waals surface area contributed by atoms with Gasteiger partial charge in [0.15, 0.2) is 5.78 Å². The summed E-state index contributed by atoms with van der Waals surface area (Å²) in [5.41, 5.74) is 6.95. The van der Waals surface area contributed by atoms with Crippen molar-refractivity contribution < 1.29 is 28.0 Å². The first-order chi connectivity index (χ1) is 22.8. The zero-order valence-corrected chi connectivity index (χ0v) is 32.6. The number of ketones is 1. The van der Waals surface area contributed by atoms with E-state index in [2.05, 4.69) is 104 Å². The molecule has 0 aromatic carbocycles. The van der Waals surface area contributed by atoms with Crippen molar-refractivity contribution in [1.29, 1.82) is 0 Å². The molecule has 0 aromatic rings. The predicted molar refractivity (Wildman–Crippen MR) is 205 cm³/mol. The summed E-state index contributed by atoms with van der Waals surface area (Å²) in [4.78, 5) is 12.3. The Balaban J connectivity index is 1.95. The Labute approximate surface area is 296 Å². The Morgan fingerprint density at radius 1 is 0.796 bits per heavy atom. The van der Waals surface area contributed by atoms with Crippen LogP contribution in [-0.2, 0) is 22.9 Å². The fraction of sp³-hybridized carbons (Fsp3) is 0.452. The summed E-state index contributed by atoms with van der Waals surface area (Å²) in [7, 11) is -0.887. The summed E-state index contributed by atoms with van der Waals surface area (Å²) in [5, 5.41) is 10.0. The summed E-state index contributed by atoms with van der Waals surface area (Å²) in [6.07, 6.45) is 30.9. The van der Waals surface area contributed by atoms with Gasteiger partial charge < -0.3 is 5.11 Å². The molecular formula is C42H59O6P. The van der Waals surface area contributed by atoms with Gasteiger partial charge in [0.2, 0.25) is 0 Å². The molecule has 0 radical (unpaired) electrons. The number of hydrogen-bond acceptors (Lipinski definition) is 6. The second-order valence-corrected chi connectivity index (χ2v) is 16.3. The van der Waals surface area contributed by atoms with E-state index in [4.69, 9.17) is 13.6 Å². The smallest absolute Gasteiger partial charge is 0.385 e. The van der Waals surface area contributed by atoms with E-state index in [1.165, 1.54) is 19.8 Å². The Kier molecular flexibility index (Phi) is 16.1. The van der Waals surface area contributed by atoms with Crippen LogP contribution in [0.25, 0.3) is 0 Å². The molecule has 3 atom stereocenters. The fourth-order valence-corrected chi connectivity index (χ4v) is 7.04. The molecule has 0 aliphatic heterocycles. The summed E-state index contributed by atoms with van der Waals surface area (Å²) >= 11 is 0. The van der Waals surface area contributed by atoms with Gasteiger partial charge in [-0.05, 0) is 76.4 Å². The maximum atomic E-state index is 12.5. The summed E-state index contributed by atoms with van der Waals surface area (Å²) < 4.78 is 28.1. The molecule has 0 amide bonds. The molecule has 0 bridgehead atoms. The summed E-state index contributed by atoms with van der Waals surface area (Å²) in [6.45, 7) is 20.7. The largest absolute Gasteiger partial charge is 0.474 e. The minimum absolute atomic E-state index is 0.0941. The number of carbonyl (C=O) groups excluding carboxylic acids is 1. The highest BCUT2D eigenvalue weighted by Gasteiger charge is 2.39. The number of hydrogen-bond donors (Lipinski definition) is 1. The molecule has 2 aliphatic rings. The van der Waals surface area contributed by atoms with Gasteiger partial charge in [-0.3, -0.25) is 18.4 Å². The molecule has 3 unspecified atom stereocenters. The summed E-state index contributed by atoms with van der Waals surface area (Å²) in [5.74, 6) is 0.0532. The predicted octanol–water partition coefficient (Wildman–Crippen LogP) is 11.0. The van der Waals surface area contributed by atoms with Gasteiger partial charge in [-0.1, -0.05) is 147 Å². The Morgan fingerprint density at radius 3 is 1.80 bits per heavy atom. The van der Waals surface area contributed by atoms with Crippen LogP contribution in [0, 0.1) is 16.7 Å². The molecule has 0 heterocycles. The number of allylic oxidation sites excluding steroid dienone is 20. The second kappa shape index (κ2) is 18.8. The molecule has 0 aromatic heterocycles. The average Bonchev–Trinajstić information content (AvgIpc) is 3.00. The van der Waals surface area contributed by atoms with Gasteiger partial charge in [-0.15, -0.1) is 0 Å². The third-order valence-corrected chi connectivity index (χ3v) is 10.5. The van der Waals surface area contributed by atoms with Crippen molar-refractivity contribution in [3.63, 3.8) is 0 Å². The lowest BCUT2D eigenvalue weighted by molar-refractivity contribution is -0.125. The first-order valence-corrected chi connectivity index (χ1v) is 18.4. The third kappa shape index (κ3) is 13.3. The summed E-state index contributed by atoms with van der Waals surface area (Å²) in [6, 6.07) is 0. The zero-order chi connectivity index (χ0) is 37.0. The van der Waals surface area contributed by atoms with Crippen LogP contribution in [0.15, 0.2) is 130 Å². The standard InChI is InChI=1S/C42H59O6P/c1-30(19-15-21-32(3)23-25-37-34(5)27-36(28-41(37,7)8)48-49(45,46-11)47-12)17-13-14-18-31(2)20-16-22-33(4)24-26-38-35(6)40(44)39(43)29-42(38,9)10/h13-27,36-37,39,43H,28-29H2,1-12H3/b14-13+,19-15+,20-16+,25-23+,26-24+,30-17+,31-18+,32-21+,33-22+. The van der Waals surface area contributed by atoms with Crippen molar-refractivity contribution in [3.8, 4) is 0 Å². The Hall–Kier alpha value is -3.12. The van der Waals surface area contributed by atoms with Gasteiger partial charge in [0, 0.05) is 20.1 Å². The maximum absolute atomic E-state index is 12.5. The van der Waals surface area contributed by atoms with E-state index in [-0.39, 0.29) is 28.6 Å². The molecule has 49 heavy (non-hydrogen) atoms. The van der Waals surface area contributed by atoms with E-state index in [0.717, 1.165) is 27.9 Å². The van der Waals surface area contributed by atoms with Crippen LogP contribution in [0.1, 0.15) is 82.1 Å². The molecule has 2 aliphatic carbocycles. The van der Waals surface area contributed by atoms with E-state index in [0.29, 0.717) is 18.4 Å². The van der Waals surface area contributed by atoms with Crippen molar-refractivity contribution in [2.24, 2.45) is 16.7 Å². The van der Waals surface area contributed by atoms with E-state index < -0.39 is 13.9 Å². The molecule has 268 valence electrons. The average molecular weight is 691 g/mol. The number of aliphatic hydroxyl groups is 1. The highest BCUT2D eigenvalue weighted by atomic mass is 31.2. The van der Waals surface area contributed by atoms with Gasteiger partial charge in [0.25, 0.3) is 0 Å². The zero-order valence-electron chi connectivity index (χ0n) is 31.7. The molecule has 7 heteroatoms. The number of carbonyl (C=O) groups is 1. The molecule has 2 rings (SSSR count). The van der Waals surface area contributed by atoms with E-state index in [1.807, 2.05) is 49.5 Å². The quantitative estimate of drug-likeness (QED) is 0.111. The van der Waals surface area contributed by atoms with Crippen molar-refractivity contribution in [2.45, 2.75) is 94.3 Å². The Bertz CT molecular complexity index is 1570. The number of phosphoric ester groups is 1. The third-order valence-electron chi connectivity index (χ3n) is 9.06. The topological polar surface area (TPSA) is 82.1 Å². The van der Waals surface area contributed by atoms with Crippen LogP contribution in [-0.4, -0.2) is 37.3 Å². The van der Waals surface area contributed by atoms with Crippen LogP contribution in [0.5, 0.6) is 0 Å². The molecule has 6 nitrogen and oxygen atoms in total. The number of Topliss-reactive ketones (excluding diaryl/α,β-unsaturated/α-hetero) is 1. The maximum Gasteiger partial charge on any atom is 0.474 e. The fourth-order valence-electron chi connectivity index (χ4n) is 6.25. The second-order valence-electron chi connectivity index (χ2n) is 14.5. The molecule has 0 fully saturated rings. The highest BCUT2D eigenvalue weighted by molar-refractivity contribution is 7.48. The Morgan fingerprint density at radius 2 is 1.29 bits per heavy atom. The minimum Gasteiger partial charge on any atom is -0.385 e. The van der Waals surface area contributed by atoms with Crippen molar-refractivity contribution in [2.75, 3.05) is 14.2 Å². The lowest BCUT2D eigenvalue weighted by Crippen LogP contribution is -2.35. The number of rotatable bonds is 14. The van der Waals surface area contributed by atoms with Crippen LogP contribution in [0.3, 0.4) is 0 Å². The SMILES string of the molecule is COP(=O)(OC)OC1C=C(C)C(/C=C/C(C)=C/C=C/C(C)=C/C=C/C=C(C)/C=C/C=C(C)/C=C/C2=C(C)C(=O)C(O)CC2(C)C)C(C)(C)C1. The van der Waals surface area contributed by atoms with Gasteiger partial charge >= 0.3 is 7.82 Å². The number of phosphoric acid groups is 1. The van der Waals surface area contributed by atoms with Gasteiger partial charge in [-0.25, -0.2) is 4.57 Å². The van der Waals surface area contributed by atoms with Gasteiger partial charge in [-0.2, -0.15) is 0 Å². The first-order valence-electron chi connectivity index (χ1n) is 16.9. The molecular weight excluding hydrogens is 631 g/mol.